The van der Waals surface area contributed by atoms with Crippen LogP contribution in [0.4, 0.5) is 5.69 Å². The fourth-order valence-electron chi connectivity index (χ4n) is 1.32. The SMILES string of the molecule is C#CCN(C)C(=O)c1c(N)c(C)nn1C. The first-order valence-corrected chi connectivity index (χ1v) is 4.47. The first-order chi connectivity index (χ1) is 6.99. The molecule has 1 aromatic heterocycles. The monoisotopic (exact) mass is 206 g/mol. The highest BCUT2D eigenvalue weighted by Gasteiger charge is 2.20. The number of aryl methyl sites for hydroxylation is 2. The number of amides is 1. The molecule has 2 N–H and O–H groups in total. The minimum atomic E-state index is -0.214. The number of carbonyl (C=O) groups is 1. The third-order valence-electron chi connectivity index (χ3n) is 2.15. The van der Waals surface area contributed by atoms with Crippen molar-refractivity contribution in [3.8, 4) is 12.3 Å². The number of hydrogen-bond acceptors (Lipinski definition) is 3. The Morgan fingerprint density at radius 1 is 1.73 bits per heavy atom. The molecule has 0 fully saturated rings. The average Bonchev–Trinajstić information content (AvgIpc) is 2.41. The summed E-state index contributed by atoms with van der Waals surface area (Å²) < 4.78 is 1.47. The van der Waals surface area contributed by atoms with Gasteiger partial charge in [0.25, 0.3) is 5.91 Å². The molecule has 0 aromatic carbocycles. The summed E-state index contributed by atoms with van der Waals surface area (Å²) in [5, 5.41) is 4.07. The summed E-state index contributed by atoms with van der Waals surface area (Å²) in [7, 11) is 3.31. The molecule has 0 saturated heterocycles. The molecule has 15 heavy (non-hydrogen) atoms. The van der Waals surface area contributed by atoms with Crippen molar-refractivity contribution in [2.24, 2.45) is 7.05 Å². The van der Waals surface area contributed by atoms with Gasteiger partial charge < -0.3 is 10.6 Å². The Kier molecular flexibility index (Phi) is 3.00. The minimum Gasteiger partial charge on any atom is -0.395 e. The zero-order valence-electron chi connectivity index (χ0n) is 9.11. The van der Waals surface area contributed by atoms with Gasteiger partial charge in [-0.15, -0.1) is 6.42 Å². The van der Waals surface area contributed by atoms with Gasteiger partial charge in [-0.1, -0.05) is 5.92 Å². The van der Waals surface area contributed by atoms with Gasteiger partial charge in [0.15, 0.2) is 0 Å². The van der Waals surface area contributed by atoms with E-state index in [1.54, 1.807) is 21.0 Å². The maximum Gasteiger partial charge on any atom is 0.274 e. The van der Waals surface area contributed by atoms with E-state index < -0.39 is 0 Å². The maximum absolute atomic E-state index is 11.9. The molecule has 1 heterocycles. The van der Waals surface area contributed by atoms with Gasteiger partial charge in [0.2, 0.25) is 0 Å². The van der Waals surface area contributed by atoms with Crippen LogP contribution in [-0.2, 0) is 7.05 Å². The van der Waals surface area contributed by atoms with Crippen LogP contribution in [0.2, 0.25) is 0 Å². The van der Waals surface area contributed by atoms with Crippen LogP contribution in [0, 0.1) is 19.3 Å². The van der Waals surface area contributed by atoms with Gasteiger partial charge in [-0.2, -0.15) is 5.10 Å². The molecule has 0 spiro atoms. The molecule has 0 aliphatic rings. The molecule has 1 amide bonds. The van der Waals surface area contributed by atoms with E-state index in [9.17, 15) is 4.79 Å². The highest BCUT2D eigenvalue weighted by molar-refractivity contribution is 5.97. The molecular formula is C10H14N4O. The first-order valence-electron chi connectivity index (χ1n) is 4.47. The molecule has 1 aromatic rings. The fourth-order valence-corrected chi connectivity index (χ4v) is 1.32. The smallest absolute Gasteiger partial charge is 0.274 e. The normalized spacial score (nSPS) is 9.73. The lowest BCUT2D eigenvalue weighted by molar-refractivity contribution is 0.0803. The Bertz CT molecular complexity index is 427. The molecule has 0 aliphatic carbocycles. The second kappa shape index (κ2) is 4.05. The summed E-state index contributed by atoms with van der Waals surface area (Å²) in [6, 6.07) is 0. The lowest BCUT2D eigenvalue weighted by Crippen LogP contribution is -2.29. The lowest BCUT2D eigenvalue weighted by atomic mass is 10.3. The third-order valence-corrected chi connectivity index (χ3v) is 2.15. The van der Waals surface area contributed by atoms with E-state index in [1.165, 1.54) is 9.58 Å². The van der Waals surface area contributed by atoms with Gasteiger partial charge in [0.05, 0.1) is 17.9 Å². The summed E-state index contributed by atoms with van der Waals surface area (Å²) in [6.45, 7) is 2.01. The summed E-state index contributed by atoms with van der Waals surface area (Å²) in [5.41, 5.74) is 7.19. The van der Waals surface area contributed by atoms with Crippen molar-refractivity contribution < 1.29 is 4.79 Å². The van der Waals surface area contributed by atoms with E-state index in [1.807, 2.05) is 0 Å². The molecule has 0 saturated carbocycles. The summed E-state index contributed by atoms with van der Waals surface area (Å²) in [5.74, 6) is 2.18. The predicted octanol–water partition coefficient (Wildman–Crippen LogP) is 0.0159. The van der Waals surface area contributed by atoms with E-state index >= 15 is 0 Å². The number of nitrogens with two attached hydrogens (primary N) is 1. The van der Waals surface area contributed by atoms with Crippen molar-refractivity contribution in [2.45, 2.75) is 6.92 Å². The zero-order valence-corrected chi connectivity index (χ0v) is 9.11. The standard InChI is InChI=1S/C10H14N4O/c1-5-6-13(3)10(15)9-8(11)7(2)12-14(9)4/h1H,6,11H2,2-4H3. The largest absolute Gasteiger partial charge is 0.395 e. The Labute approximate surface area is 88.9 Å². The molecule has 5 nitrogen and oxygen atoms in total. The molecule has 80 valence electrons. The van der Waals surface area contributed by atoms with Crippen LogP contribution in [0.15, 0.2) is 0 Å². The van der Waals surface area contributed by atoms with Crippen molar-refractivity contribution in [2.75, 3.05) is 19.3 Å². The predicted molar refractivity (Wildman–Crippen MR) is 58.2 cm³/mol. The number of nitrogens with zero attached hydrogens (tertiary/aromatic N) is 3. The van der Waals surface area contributed by atoms with Gasteiger partial charge in [0, 0.05) is 14.1 Å². The lowest BCUT2D eigenvalue weighted by Gasteiger charge is -2.14. The molecule has 5 heteroatoms. The third kappa shape index (κ3) is 1.94. The topological polar surface area (TPSA) is 64.2 Å². The van der Waals surface area contributed by atoms with Crippen molar-refractivity contribution in [1.29, 1.82) is 0 Å². The highest BCUT2D eigenvalue weighted by Crippen LogP contribution is 2.16. The van der Waals surface area contributed by atoms with Gasteiger partial charge in [-0.05, 0) is 6.92 Å². The van der Waals surface area contributed by atoms with Gasteiger partial charge in [-0.25, -0.2) is 0 Å². The van der Waals surface area contributed by atoms with Crippen molar-refractivity contribution in [3.05, 3.63) is 11.4 Å². The molecule has 0 bridgehead atoms. The maximum atomic E-state index is 11.9. The fraction of sp³-hybridized carbons (Fsp3) is 0.400. The van der Waals surface area contributed by atoms with E-state index in [2.05, 4.69) is 11.0 Å². The van der Waals surface area contributed by atoms with Crippen LogP contribution in [0.5, 0.6) is 0 Å². The summed E-state index contributed by atoms with van der Waals surface area (Å²) in [4.78, 5) is 13.3. The molecular weight excluding hydrogens is 192 g/mol. The number of rotatable bonds is 2. The van der Waals surface area contributed by atoms with Crippen molar-refractivity contribution in [1.82, 2.24) is 14.7 Å². The highest BCUT2D eigenvalue weighted by atomic mass is 16.2. The van der Waals surface area contributed by atoms with Crippen LogP contribution < -0.4 is 5.73 Å². The van der Waals surface area contributed by atoms with Gasteiger partial charge >= 0.3 is 0 Å². The van der Waals surface area contributed by atoms with Gasteiger partial charge in [0.1, 0.15) is 5.69 Å². The Morgan fingerprint density at radius 2 is 2.33 bits per heavy atom. The molecule has 1 rings (SSSR count). The summed E-state index contributed by atoms with van der Waals surface area (Å²) >= 11 is 0. The van der Waals surface area contributed by atoms with Crippen LogP contribution >= 0.6 is 0 Å². The van der Waals surface area contributed by atoms with E-state index in [4.69, 9.17) is 12.2 Å². The minimum absolute atomic E-state index is 0.214. The number of carbonyl (C=O) groups excluding carboxylic acids is 1. The van der Waals surface area contributed by atoms with E-state index in [0.29, 0.717) is 17.1 Å². The number of terminal acetylenes is 1. The molecule has 0 radical (unpaired) electrons. The Balaban J connectivity index is 3.07. The van der Waals surface area contributed by atoms with E-state index in [0.717, 1.165) is 0 Å². The van der Waals surface area contributed by atoms with Crippen LogP contribution in [0.1, 0.15) is 16.2 Å². The number of hydrogen-bond donors (Lipinski definition) is 1. The Morgan fingerprint density at radius 3 is 2.73 bits per heavy atom. The molecule has 0 atom stereocenters. The van der Waals surface area contributed by atoms with Crippen molar-refractivity contribution in [3.63, 3.8) is 0 Å². The number of aromatic nitrogens is 2. The summed E-state index contributed by atoms with van der Waals surface area (Å²) in [6.07, 6.45) is 5.13. The first kappa shape index (κ1) is 11.1. The second-order valence-electron chi connectivity index (χ2n) is 3.34. The average molecular weight is 206 g/mol. The van der Waals surface area contributed by atoms with Crippen LogP contribution in [0.25, 0.3) is 0 Å². The van der Waals surface area contributed by atoms with Crippen LogP contribution in [0.3, 0.4) is 0 Å². The van der Waals surface area contributed by atoms with Crippen LogP contribution in [-0.4, -0.2) is 34.2 Å². The molecule has 0 unspecified atom stereocenters. The quantitative estimate of drug-likeness (QED) is 0.693. The second-order valence-corrected chi connectivity index (χ2v) is 3.34. The van der Waals surface area contributed by atoms with E-state index in [-0.39, 0.29) is 12.5 Å². The van der Waals surface area contributed by atoms with Gasteiger partial charge in [-0.3, -0.25) is 9.48 Å². The van der Waals surface area contributed by atoms with Crippen molar-refractivity contribution >= 4 is 11.6 Å². The zero-order chi connectivity index (χ0) is 11.6. The number of nitrogen functional groups attached to an aromatic ring is 1. The number of anilines is 1. The molecule has 0 aliphatic heterocycles. The Hall–Kier alpha value is -1.96.